The Morgan fingerprint density at radius 2 is 2.00 bits per heavy atom. The van der Waals surface area contributed by atoms with E-state index in [1.807, 2.05) is 20.8 Å². The van der Waals surface area contributed by atoms with Crippen LogP contribution in [-0.4, -0.2) is 31.6 Å². The van der Waals surface area contributed by atoms with E-state index < -0.39 is 11.6 Å². The molecule has 1 atom stereocenters. The van der Waals surface area contributed by atoms with Gasteiger partial charge in [-0.3, -0.25) is 14.4 Å². The van der Waals surface area contributed by atoms with Crippen molar-refractivity contribution in [2.45, 2.75) is 45.2 Å². The van der Waals surface area contributed by atoms with E-state index in [-0.39, 0.29) is 17.9 Å². The number of amides is 3. The Hall–Kier alpha value is -2.64. The summed E-state index contributed by atoms with van der Waals surface area (Å²) in [4.78, 5) is 30.4. The fraction of sp³-hybridized carbons (Fsp3) is 0.500. The number of carbonyl (C=O) groups excluding carboxylic acids is 2. The molecule has 3 amide bonds. The minimum absolute atomic E-state index is 0.00337. The number of hydrogen-bond acceptors (Lipinski definition) is 5. The summed E-state index contributed by atoms with van der Waals surface area (Å²) in [6.45, 7) is 7.68. The van der Waals surface area contributed by atoms with E-state index in [9.17, 15) is 9.59 Å². The van der Waals surface area contributed by atoms with Gasteiger partial charge in [-0.05, 0) is 6.92 Å². The van der Waals surface area contributed by atoms with Gasteiger partial charge in [0.2, 0.25) is 5.89 Å². The molecule has 8 heteroatoms. The minimum atomic E-state index is -1.13. The predicted octanol–water partition coefficient (Wildman–Crippen LogP) is 1.67. The molecule has 1 fully saturated rings. The van der Waals surface area contributed by atoms with E-state index >= 15 is 0 Å². The molecule has 1 saturated heterocycles. The quantitative estimate of drug-likeness (QED) is 0.864. The molecule has 3 rings (SSSR count). The number of carbonyl (C=O) groups is 2. The largest absolute Gasteiger partial charge is 0.443 e. The topological polar surface area (TPSA) is 93.3 Å². The van der Waals surface area contributed by atoms with Gasteiger partial charge in [-0.1, -0.05) is 20.8 Å². The highest BCUT2D eigenvalue weighted by Crippen LogP contribution is 2.30. The van der Waals surface area contributed by atoms with Crippen molar-refractivity contribution in [2.24, 2.45) is 7.05 Å². The van der Waals surface area contributed by atoms with Crippen molar-refractivity contribution in [3.05, 3.63) is 35.8 Å². The highest BCUT2D eigenvalue weighted by atomic mass is 16.4. The molecular formula is C16H21N5O3. The zero-order chi connectivity index (χ0) is 17.7. The fourth-order valence-electron chi connectivity index (χ4n) is 2.58. The van der Waals surface area contributed by atoms with Gasteiger partial charge >= 0.3 is 6.03 Å². The Morgan fingerprint density at radius 1 is 1.29 bits per heavy atom. The van der Waals surface area contributed by atoms with Crippen LogP contribution in [0.3, 0.4) is 0 Å². The summed E-state index contributed by atoms with van der Waals surface area (Å²) >= 11 is 0. The van der Waals surface area contributed by atoms with Crippen molar-refractivity contribution in [3.8, 4) is 0 Å². The molecule has 0 radical (unpaired) electrons. The Balaban J connectivity index is 1.84. The van der Waals surface area contributed by atoms with Crippen molar-refractivity contribution in [2.75, 3.05) is 0 Å². The van der Waals surface area contributed by atoms with Crippen molar-refractivity contribution in [1.82, 2.24) is 25.0 Å². The maximum Gasteiger partial charge on any atom is 0.325 e. The van der Waals surface area contributed by atoms with Crippen LogP contribution in [0, 0.1) is 0 Å². The summed E-state index contributed by atoms with van der Waals surface area (Å²) in [5, 5.41) is 6.80. The third-order valence-electron chi connectivity index (χ3n) is 4.14. The highest BCUT2D eigenvalue weighted by molar-refractivity contribution is 6.07. The molecule has 0 saturated carbocycles. The number of aryl methyl sites for hydroxylation is 1. The SMILES string of the molecule is Cn1cc([C@@]2(C)NC(=O)N(Cc3ncc(C(C)(C)C)o3)C2=O)cn1. The van der Waals surface area contributed by atoms with E-state index in [0.717, 1.165) is 4.90 Å². The molecule has 0 unspecified atom stereocenters. The summed E-state index contributed by atoms with van der Waals surface area (Å²) in [6.07, 6.45) is 4.92. The third kappa shape index (κ3) is 2.57. The van der Waals surface area contributed by atoms with Crippen LogP contribution in [0.2, 0.25) is 0 Å². The van der Waals surface area contributed by atoms with Crippen molar-refractivity contribution < 1.29 is 14.0 Å². The normalized spacial score (nSPS) is 21.5. The second-order valence-electron chi connectivity index (χ2n) is 7.22. The summed E-state index contributed by atoms with van der Waals surface area (Å²) in [5.41, 5.74) is -0.689. The molecule has 1 N–H and O–H groups in total. The summed E-state index contributed by atoms with van der Waals surface area (Å²) in [5.74, 6) is 0.689. The lowest BCUT2D eigenvalue weighted by Gasteiger charge is -2.19. The Morgan fingerprint density at radius 3 is 2.54 bits per heavy atom. The smallest absolute Gasteiger partial charge is 0.325 e. The van der Waals surface area contributed by atoms with Crippen LogP contribution in [0.4, 0.5) is 4.79 Å². The Bertz CT molecular complexity index is 801. The first kappa shape index (κ1) is 16.2. The molecule has 0 bridgehead atoms. The van der Waals surface area contributed by atoms with Gasteiger partial charge in [-0.25, -0.2) is 9.78 Å². The molecule has 0 aliphatic carbocycles. The summed E-state index contributed by atoms with van der Waals surface area (Å²) < 4.78 is 7.27. The number of hydrogen-bond donors (Lipinski definition) is 1. The van der Waals surface area contributed by atoms with Gasteiger partial charge in [-0.15, -0.1) is 0 Å². The van der Waals surface area contributed by atoms with Crippen LogP contribution in [0.25, 0.3) is 0 Å². The molecule has 3 heterocycles. The van der Waals surface area contributed by atoms with Crippen LogP contribution in [0.15, 0.2) is 23.0 Å². The lowest BCUT2D eigenvalue weighted by Crippen LogP contribution is -2.40. The number of urea groups is 1. The first-order chi connectivity index (χ1) is 11.1. The van der Waals surface area contributed by atoms with E-state index in [4.69, 9.17) is 4.42 Å². The van der Waals surface area contributed by atoms with Crippen LogP contribution < -0.4 is 5.32 Å². The average Bonchev–Trinajstić information content (AvgIpc) is 3.15. The molecule has 24 heavy (non-hydrogen) atoms. The molecule has 2 aromatic rings. The number of nitrogens with zero attached hydrogens (tertiary/aromatic N) is 4. The van der Waals surface area contributed by atoms with E-state index in [2.05, 4.69) is 15.4 Å². The van der Waals surface area contributed by atoms with Crippen molar-refractivity contribution in [3.63, 3.8) is 0 Å². The van der Waals surface area contributed by atoms with E-state index in [1.54, 1.807) is 37.2 Å². The summed E-state index contributed by atoms with van der Waals surface area (Å²) in [7, 11) is 1.76. The highest BCUT2D eigenvalue weighted by Gasteiger charge is 2.50. The number of imide groups is 1. The van der Waals surface area contributed by atoms with E-state index in [1.165, 1.54) is 0 Å². The van der Waals surface area contributed by atoms with Gasteiger partial charge < -0.3 is 9.73 Å². The third-order valence-corrected chi connectivity index (χ3v) is 4.14. The van der Waals surface area contributed by atoms with Gasteiger partial charge in [0.05, 0.1) is 12.4 Å². The minimum Gasteiger partial charge on any atom is -0.443 e. The first-order valence-electron chi connectivity index (χ1n) is 7.69. The molecule has 2 aromatic heterocycles. The van der Waals surface area contributed by atoms with Gasteiger partial charge in [-0.2, -0.15) is 5.10 Å². The van der Waals surface area contributed by atoms with Gasteiger partial charge in [0.25, 0.3) is 5.91 Å². The molecule has 1 aliphatic rings. The average molecular weight is 331 g/mol. The predicted molar refractivity (Wildman–Crippen MR) is 84.8 cm³/mol. The molecule has 0 aromatic carbocycles. The molecule has 1 aliphatic heterocycles. The second-order valence-corrected chi connectivity index (χ2v) is 7.22. The molecule has 128 valence electrons. The van der Waals surface area contributed by atoms with Gasteiger partial charge in [0.1, 0.15) is 17.8 Å². The summed E-state index contributed by atoms with van der Waals surface area (Å²) in [6, 6.07) is -0.470. The maximum atomic E-state index is 12.8. The zero-order valence-corrected chi connectivity index (χ0v) is 14.5. The number of rotatable bonds is 3. The molecule has 8 nitrogen and oxygen atoms in total. The lowest BCUT2D eigenvalue weighted by atomic mass is 9.94. The number of oxazole rings is 1. The molecule has 0 spiro atoms. The van der Waals surface area contributed by atoms with Crippen molar-refractivity contribution in [1.29, 1.82) is 0 Å². The first-order valence-corrected chi connectivity index (χ1v) is 7.69. The maximum absolute atomic E-state index is 12.8. The zero-order valence-electron chi connectivity index (χ0n) is 14.5. The molecular weight excluding hydrogens is 310 g/mol. The fourth-order valence-corrected chi connectivity index (χ4v) is 2.58. The van der Waals surface area contributed by atoms with E-state index in [0.29, 0.717) is 17.2 Å². The van der Waals surface area contributed by atoms with Gasteiger partial charge in [0.15, 0.2) is 0 Å². The Labute approximate surface area is 139 Å². The van der Waals surface area contributed by atoms with Gasteiger partial charge in [0, 0.05) is 24.2 Å². The van der Waals surface area contributed by atoms with Crippen LogP contribution >= 0.6 is 0 Å². The standard InChI is InChI=1S/C16H21N5O3/c1-15(2,3)11-7-17-12(24-11)9-21-13(22)16(4,19-14(21)23)10-6-18-20(5)8-10/h6-8H,9H2,1-5H3,(H,19,23)/t16-/m1/s1. The Kier molecular flexibility index (Phi) is 3.51. The number of nitrogens with one attached hydrogen (secondary N) is 1. The van der Waals surface area contributed by atoms with Crippen molar-refractivity contribution >= 4 is 11.9 Å². The van der Waals surface area contributed by atoms with Crippen LogP contribution in [0.1, 0.15) is 44.9 Å². The lowest BCUT2D eigenvalue weighted by molar-refractivity contribution is -0.131. The van der Waals surface area contributed by atoms with Crippen LogP contribution in [0.5, 0.6) is 0 Å². The monoisotopic (exact) mass is 331 g/mol. The number of aromatic nitrogens is 3. The second kappa shape index (κ2) is 5.19. The van der Waals surface area contributed by atoms with Crippen LogP contribution in [-0.2, 0) is 29.3 Å².